The van der Waals surface area contributed by atoms with Crippen LogP contribution in [-0.2, 0) is 14.3 Å². The maximum absolute atomic E-state index is 11.9. The maximum Gasteiger partial charge on any atom is 0.317 e. The van der Waals surface area contributed by atoms with E-state index in [1.165, 1.54) is 13.2 Å². The van der Waals surface area contributed by atoms with E-state index in [0.29, 0.717) is 11.5 Å². The Labute approximate surface area is 110 Å². The molecule has 1 aromatic rings. The lowest BCUT2D eigenvalue weighted by molar-refractivity contribution is -0.149. The van der Waals surface area contributed by atoms with Gasteiger partial charge in [0.25, 0.3) is 0 Å². The molecule has 0 spiro atoms. The third kappa shape index (κ3) is 2.46. The van der Waals surface area contributed by atoms with Gasteiger partial charge in [-0.05, 0) is 18.1 Å². The standard InChI is InChI=1S/C14H13ClO3/c1-18-14(17)13-11(7-10(15)8-12(13)16)9-5-3-2-4-6-9/h2-6,8,11,13H,7H2,1H3. The van der Waals surface area contributed by atoms with Crippen LogP contribution < -0.4 is 0 Å². The number of hydrogen-bond acceptors (Lipinski definition) is 3. The highest BCUT2D eigenvalue weighted by molar-refractivity contribution is 6.32. The molecule has 0 fully saturated rings. The van der Waals surface area contributed by atoms with E-state index in [4.69, 9.17) is 16.3 Å². The first kappa shape index (κ1) is 12.8. The van der Waals surface area contributed by atoms with Crippen LogP contribution in [-0.4, -0.2) is 18.9 Å². The van der Waals surface area contributed by atoms with Gasteiger partial charge in [-0.2, -0.15) is 0 Å². The molecule has 0 aliphatic heterocycles. The number of carbonyl (C=O) groups excluding carboxylic acids is 2. The van der Waals surface area contributed by atoms with Crippen molar-refractivity contribution in [3.63, 3.8) is 0 Å². The number of carbonyl (C=O) groups is 2. The first-order valence-corrected chi connectivity index (χ1v) is 6.04. The molecule has 0 bridgehead atoms. The first-order valence-electron chi connectivity index (χ1n) is 5.66. The zero-order valence-corrected chi connectivity index (χ0v) is 10.7. The second kappa shape index (κ2) is 5.36. The Morgan fingerprint density at radius 2 is 2.00 bits per heavy atom. The van der Waals surface area contributed by atoms with Crippen LogP contribution >= 0.6 is 11.6 Å². The van der Waals surface area contributed by atoms with E-state index >= 15 is 0 Å². The molecule has 0 heterocycles. The minimum absolute atomic E-state index is 0.247. The Morgan fingerprint density at radius 3 is 2.61 bits per heavy atom. The van der Waals surface area contributed by atoms with Crippen LogP contribution in [0.25, 0.3) is 0 Å². The van der Waals surface area contributed by atoms with Gasteiger partial charge in [0, 0.05) is 11.0 Å². The fraction of sp³-hybridized carbons (Fsp3) is 0.286. The van der Waals surface area contributed by atoms with E-state index < -0.39 is 11.9 Å². The van der Waals surface area contributed by atoms with E-state index in [0.717, 1.165) is 5.56 Å². The molecule has 0 saturated heterocycles. The van der Waals surface area contributed by atoms with Gasteiger partial charge in [0.15, 0.2) is 5.78 Å². The summed E-state index contributed by atoms with van der Waals surface area (Å²) in [6.45, 7) is 0. The number of methoxy groups -OCH3 is 1. The minimum atomic E-state index is -0.792. The maximum atomic E-state index is 11.9. The molecule has 0 N–H and O–H groups in total. The summed E-state index contributed by atoms with van der Waals surface area (Å²) < 4.78 is 4.71. The molecule has 3 nitrogen and oxygen atoms in total. The van der Waals surface area contributed by atoms with Crippen molar-refractivity contribution >= 4 is 23.4 Å². The van der Waals surface area contributed by atoms with E-state index in [-0.39, 0.29) is 11.7 Å². The predicted octanol–water partition coefficient (Wildman–Crippen LogP) is 2.65. The summed E-state index contributed by atoms with van der Waals surface area (Å²) in [6.07, 6.45) is 1.81. The van der Waals surface area contributed by atoms with E-state index in [1.807, 2.05) is 30.3 Å². The predicted molar refractivity (Wildman–Crippen MR) is 68.2 cm³/mol. The van der Waals surface area contributed by atoms with Crippen molar-refractivity contribution < 1.29 is 14.3 Å². The molecule has 1 aliphatic carbocycles. The minimum Gasteiger partial charge on any atom is -0.468 e. The van der Waals surface area contributed by atoms with Crippen LogP contribution in [0, 0.1) is 5.92 Å². The number of hydrogen-bond donors (Lipinski definition) is 0. The van der Waals surface area contributed by atoms with Gasteiger partial charge < -0.3 is 4.74 Å². The Kier molecular flexibility index (Phi) is 3.82. The summed E-state index contributed by atoms with van der Waals surface area (Å²) in [6, 6.07) is 9.42. The third-order valence-electron chi connectivity index (χ3n) is 3.11. The van der Waals surface area contributed by atoms with Crippen molar-refractivity contribution in [3.05, 3.63) is 47.0 Å². The van der Waals surface area contributed by atoms with E-state index in [2.05, 4.69) is 0 Å². The van der Waals surface area contributed by atoms with Crippen molar-refractivity contribution in [3.8, 4) is 0 Å². The highest BCUT2D eigenvalue weighted by Gasteiger charge is 2.38. The molecule has 1 aromatic carbocycles. The molecule has 0 radical (unpaired) electrons. The van der Waals surface area contributed by atoms with Crippen molar-refractivity contribution in [2.75, 3.05) is 7.11 Å². The summed E-state index contributed by atoms with van der Waals surface area (Å²) in [5, 5.41) is 0.481. The zero-order chi connectivity index (χ0) is 13.1. The molecule has 2 atom stereocenters. The van der Waals surface area contributed by atoms with Gasteiger partial charge in [-0.25, -0.2) is 0 Å². The van der Waals surface area contributed by atoms with Gasteiger partial charge in [-0.1, -0.05) is 41.9 Å². The molecule has 94 valence electrons. The van der Waals surface area contributed by atoms with E-state index in [1.54, 1.807) is 0 Å². The monoisotopic (exact) mass is 264 g/mol. The Morgan fingerprint density at radius 1 is 1.33 bits per heavy atom. The summed E-state index contributed by atoms with van der Waals surface area (Å²) in [5.41, 5.74) is 0.924. The van der Waals surface area contributed by atoms with Crippen molar-refractivity contribution in [2.45, 2.75) is 12.3 Å². The topological polar surface area (TPSA) is 43.4 Å². The number of rotatable bonds is 2. The van der Waals surface area contributed by atoms with Gasteiger partial charge in [-0.15, -0.1) is 0 Å². The molecule has 0 saturated carbocycles. The fourth-order valence-electron chi connectivity index (χ4n) is 2.25. The summed E-state index contributed by atoms with van der Waals surface area (Å²) in [5.74, 6) is -1.83. The van der Waals surface area contributed by atoms with E-state index in [9.17, 15) is 9.59 Å². The van der Waals surface area contributed by atoms with Gasteiger partial charge in [0.1, 0.15) is 5.92 Å². The van der Waals surface area contributed by atoms with Crippen molar-refractivity contribution in [1.29, 1.82) is 0 Å². The summed E-state index contributed by atoms with van der Waals surface area (Å²) in [7, 11) is 1.29. The van der Waals surface area contributed by atoms with Crippen molar-refractivity contribution in [2.24, 2.45) is 5.92 Å². The summed E-state index contributed by atoms with van der Waals surface area (Å²) >= 11 is 5.96. The van der Waals surface area contributed by atoms with Crippen LogP contribution in [0.5, 0.6) is 0 Å². The Hall–Kier alpha value is -1.61. The SMILES string of the molecule is COC(=O)C1C(=O)C=C(Cl)CC1c1ccccc1. The Balaban J connectivity index is 2.40. The number of benzene rings is 1. The lowest BCUT2D eigenvalue weighted by Crippen LogP contribution is -2.33. The van der Waals surface area contributed by atoms with Gasteiger partial charge in [0.2, 0.25) is 0 Å². The molecule has 4 heteroatoms. The van der Waals surface area contributed by atoms with Crippen molar-refractivity contribution in [1.82, 2.24) is 0 Å². The zero-order valence-electron chi connectivity index (χ0n) is 9.93. The summed E-state index contributed by atoms with van der Waals surface area (Å²) in [4.78, 5) is 23.7. The lowest BCUT2D eigenvalue weighted by Gasteiger charge is -2.27. The molecular weight excluding hydrogens is 252 g/mol. The average molecular weight is 265 g/mol. The van der Waals surface area contributed by atoms with Gasteiger partial charge in [0.05, 0.1) is 7.11 Å². The van der Waals surface area contributed by atoms with Crippen LogP contribution in [0.3, 0.4) is 0 Å². The highest BCUT2D eigenvalue weighted by atomic mass is 35.5. The number of ether oxygens (including phenoxy) is 1. The third-order valence-corrected chi connectivity index (χ3v) is 3.37. The smallest absolute Gasteiger partial charge is 0.317 e. The van der Waals surface area contributed by atoms with Crippen LogP contribution in [0.4, 0.5) is 0 Å². The molecule has 0 amide bonds. The quantitative estimate of drug-likeness (QED) is 0.609. The largest absolute Gasteiger partial charge is 0.468 e. The molecular formula is C14H13ClO3. The first-order chi connectivity index (χ1) is 8.63. The normalized spacial score (nSPS) is 23.4. The molecule has 2 unspecified atom stereocenters. The van der Waals surface area contributed by atoms with Crippen LogP contribution in [0.2, 0.25) is 0 Å². The van der Waals surface area contributed by atoms with Crippen LogP contribution in [0.1, 0.15) is 17.9 Å². The number of esters is 1. The second-order valence-corrected chi connectivity index (χ2v) is 4.70. The van der Waals surface area contributed by atoms with Gasteiger partial charge in [-0.3, -0.25) is 9.59 Å². The van der Waals surface area contributed by atoms with Gasteiger partial charge >= 0.3 is 5.97 Å². The molecule has 18 heavy (non-hydrogen) atoms. The fourth-order valence-corrected chi connectivity index (χ4v) is 2.52. The molecule has 1 aliphatic rings. The second-order valence-electron chi connectivity index (χ2n) is 4.22. The highest BCUT2D eigenvalue weighted by Crippen LogP contribution is 2.37. The lowest BCUT2D eigenvalue weighted by atomic mass is 9.78. The average Bonchev–Trinajstić information content (AvgIpc) is 2.38. The van der Waals surface area contributed by atoms with Crippen LogP contribution in [0.15, 0.2) is 41.4 Å². The molecule has 0 aromatic heterocycles. The molecule has 2 rings (SSSR count). The number of halogens is 1. The number of allylic oxidation sites excluding steroid dienone is 2. The Bertz CT molecular complexity index is 493. The number of ketones is 1.